The number of nitrogens with zero attached hydrogens (tertiary/aromatic N) is 1. The molecule has 0 spiro atoms. The number of amides is 1. The van der Waals surface area contributed by atoms with Crippen molar-refractivity contribution in [2.24, 2.45) is 5.92 Å². The number of rotatable bonds is 13. The number of carbonyl (C=O) groups excluding carboxylic acids is 3. The highest BCUT2D eigenvalue weighted by molar-refractivity contribution is 5.86. The topological polar surface area (TPSA) is 146 Å². The van der Waals surface area contributed by atoms with Crippen LogP contribution in [0.4, 0.5) is 0 Å². The number of piperidine rings is 1. The molecule has 0 unspecified atom stereocenters. The van der Waals surface area contributed by atoms with Crippen molar-refractivity contribution in [2.45, 2.75) is 83.5 Å². The van der Waals surface area contributed by atoms with Crippen molar-refractivity contribution in [3.8, 4) is 0 Å². The number of nitrogens with one attached hydrogen (secondary N) is 1. The van der Waals surface area contributed by atoms with Crippen LogP contribution in [0.1, 0.15) is 52.0 Å². The molecule has 1 aromatic rings. The first-order chi connectivity index (χ1) is 17.1. The van der Waals surface area contributed by atoms with Gasteiger partial charge in [-0.1, -0.05) is 57.5 Å². The summed E-state index contributed by atoms with van der Waals surface area (Å²) < 4.78 is 10.6. The third-order valence-corrected chi connectivity index (χ3v) is 6.26. The van der Waals surface area contributed by atoms with Gasteiger partial charge < -0.3 is 30.1 Å². The molecule has 1 saturated heterocycles. The van der Waals surface area contributed by atoms with Crippen LogP contribution in [0.25, 0.3) is 0 Å². The van der Waals surface area contributed by atoms with Crippen LogP contribution in [0.3, 0.4) is 0 Å². The number of hydrogen-bond donors (Lipinski definition) is 4. The average molecular weight is 509 g/mol. The van der Waals surface area contributed by atoms with Gasteiger partial charge in [0.25, 0.3) is 0 Å². The Labute approximate surface area is 212 Å². The summed E-state index contributed by atoms with van der Waals surface area (Å²) in [6.07, 6.45) is -2.33. The molecular formula is C26H40N2O8. The lowest BCUT2D eigenvalue weighted by molar-refractivity contribution is -0.163. The first kappa shape index (κ1) is 29.7. The highest BCUT2D eigenvalue weighted by atomic mass is 16.5. The van der Waals surface area contributed by atoms with E-state index in [2.05, 4.69) is 5.32 Å². The SMILES string of the molecule is CCCCN1C[C@H](O)[C@@H](O)[C@H](O)[C@H]1COC(=O)CCC(=O)N[C@H](C(=O)OCc1ccccc1)C(C)C. The van der Waals surface area contributed by atoms with Gasteiger partial charge in [0.15, 0.2) is 0 Å². The monoisotopic (exact) mass is 508 g/mol. The highest BCUT2D eigenvalue weighted by Crippen LogP contribution is 2.20. The van der Waals surface area contributed by atoms with Crippen LogP contribution < -0.4 is 5.32 Å². The number of hydrogen-bond acceptors (Lipinski definition) is 9. The Hall–Kier alpha value is -2.53. The fourth-order valence-electron chi connectivity index (χ4n) is 4.01. The summed E-state index contributed by atoms with van der Waals surface area (Å²) in [5.74, 6) is -1.89. The van der Waals surface area contributed by atoms with Crippen LogP contribution in [0.5, 0.6) is 0 Å². The van der Waals surface area contributed by atoms with E-state index in [1.165, 1.54) is 0 Å². The van der Waals surface area contributed by atoms with E-state index >= 15 is 0 Å². The van der Waals surface area contributed by atoms with Crippen LogP contribution in [-0.2, 0) is 30.5 Å². The molecular weight excluding hydrogens is 468 g/mol. The van der Waals surface area contributed by atoms with Crippen molar-refractivity contribution in [1.29, 1.82) is 0 Å². The van der Waals surface area contributed by atoms with E-state index in [1.807, 2.05) is 37.3 Å². The standard InChI is InChI=1S/C26H40N2O8/c1-4-5-13-28-14-20(29)25(33)24(32)19(28)16-35-22(31)12-11-21(30)27-23(17(2)3)26(34)36-15-18-9-7-6-8-10-18/h6-10,17,19-20,23-25,29,32-33H,4-5,11-16H2,1-3H3,(H,27,30)/t19-,20+,23+,24-,25-/m1/s1. The lowest BCUT2D eigenvalue weighted by Crippen LogP contribution is -2.62. The van der Waals surface area contributed by atoms with E-state index in [1.54, 1.807) is 18.7 Å². The van der Waals surface area contributed by atoms with Crippen LogP contribution in [0.15, 0.2) is 30.3 Å². The van der Waals surface area contributed by atoms with E-state index in [9.17, 15) is 29.7 Å². The van der Waals surface area contributed by atoms with Crippen LogP contribution >= 0.6 is 0 Å². The summed E-state index contributed by atoms with van der Waals surface area (Å²) in [4.78, 5) is 39.0. The number of likely N-dealkylation sites (tertiary alicyclic amines) is 1. The largest absolute Gasteiger partial charge is 0.464 e. The highest BCUT2D eigenvalue weighted by Gasteiger charge is 2.41. The molecule has 0 radical (unpaired) electrons. The van der Waals surface area contributed by atoms with Gasteiger partial charge in [-0.25, -0.2) is 4.79 Å². The summed E-state index contributed by atoms with van der Waals surface area (Å²) >= 11 is 0. The molecule has 0 bridgehead atoms. The summed E-state index contributed by atoms with van der Waals surface area (Å²) in [7, 11) is 0. The summed E-state index contributed by atoms with van der Waals surface area (Å²) in [5, 5.41) is 33.0. The molecule has 1 heterocycles. The van der Waals surface area contributed by atoms with Gasteiger partial charge >= 0.3 is 11.9 Å². The molecule has 2 rings (SSSR count). The molecule has 1 fully saturated rings. The second kappa shape index (κ2) is 14.9. The van der Waals surface area contributed by atoms with Crippen molar-refractivity contribution >= 4 is 17.8 Å². The normalized spacial score (nSPS) is 23.2. The predicted octanol–water partition coefficient (Wildman–Crippen LogP) is 0.761. The van der Waals surface area contributed by atoms with Crippen molar-refractivity contribution in [2.75, 3.05) is 19.7 Å². The van der Waals surface area contributed by atoms with E-state index in [0.29, 0.717) is 6.54 Å². The molecule has 1 aromatic carbocycles. The van der Waals surface area contributed by atoms with Crippen molar-refractivity contribution in [3.63, 3.8) is 0 Å². The summed E-state index contributed by atoms with van der Waals surface area (Å²) in [5.41, 5.74) is 0.834. The zero-order valence-corrected chi connectivity index (χ0v) is 21.3. The first-order valence-electron chi connectivity index (χ1n) is 12.6. The minimum Gasteiger partial charge on any atom is -0.464 e. The Balaban J connectivity index is 1.80. The number of aliphatic hydroxyl groups is 3. The van der Waals surface area contributed by atoms with Gasteiger partial charge in [0, 0.05) is 13.0 Å². The maximum absolute atomic E-state index is 12.5. The number of unbranched alkanes of at least 4 members (excludes halogenated alkanes) is 1. The number of aliphatic hydroxyl groups excluding tert-OH is 3. The lowest BCUT2D eigenvalue weighted by atomic mass is 9.94. The van der Waals surface area contributed by atoms with Crippen LogP contribution in [0.2, 0.25) is 0 Å². The maximum Gasteiger partial charge on any atom is 0.329 e. The van der Waals surface area contributed by atoms with Crippen LogP contribution in [0, 0.1) is 5.92 Å². The second-order valence-corrected chi connectivity index (χ2v) is 9.53. The minimum absolute atomic E-state index is 0.0963. The fourth-order valence-corrected chi connectivity index (χ4v) is 4.01. The zero-order chi connectivity index (χ0) is 26.7. The van der Waals surface area contributed by atoms with Crippen molar-refractivity contribution < 1.29 is 39.2 Å². The molecule has 0 saturated carbocycles. The Morgan fingerprint density at radius 2 is 1.75 bits per heavy atom. The Morgan fingerprint density at radius 3 is 2.39 bits per heavy atom. The van der Waals surface area contributed by atoms with E-state index in [4.69, 9.17) is 9.47 Å². The molecule has 202 valence electrons. The van der Waals surface area contributed by atoms with Gasteiger partial charge in [0.1, 0.15) is 31.5 Å². The lowest BCUT2D eigenvalue weighted by Gasteiger charge is -2.43. The maximum atomic E-state index is 12.5. The van der Waals surface area contributed by atoms with Gasteiger partial charge in [0.05, 0.1) is 18.6 Å². The number of ether oxygens (including phenoxy) is 2. The number of β-amino-alcohol motifs (C(OH)–C–C–N with tert-alkyl or cyclic N) is 1. The van der Waals surface area contributed by atoms with Gasteiger partial charge in [-0.3, -0.25) is 14.5 Å². The third-order valence-electron chi connectivity index (χ3n) is 6.26. The molecule has 10 heteroatoms. The van der Waals surface area contributed by atoms with E-state index in [-0.39, 0.29) is 38.5 Å². The Morgan fingerprint density at radius 1 is 1.06 bits per heavy atom. The summed E-state index contributed by atoms with van der Waals surface area (Å²) in [6, 6.07) is 7.70. The molecule has 4 N–H and O–H groups in total. The summed E-state index contributed by atoms with van der Waals surface area (Å²) in [6.45, 7) is 6.26. The second-order valence-electron chi connectivity index (χ2n) is 9.53. The number of benzene rings is 1. The fraction of sp³-hybridized carbons (Fsp3) is 0.654. The Bertz CT molecular complexity index is 834. The molecule has 1 aliphatic rings. The Kier molecular flexibility index (Phi) is 12.3. The van der Waals surface area contributed by atoms with Gasteiger partial charge in [0.2, 0.25) is 5.91 Å². The first-order valence-corrected chi connectivity index (χ1v) is 12.6. The third kappa shape index (κ3) is 9.16. The molecule has 10 nitrogen and oxygen atoms in total. The van der Waals surface area contributed by atoms with Gasteiger partial charge in [-0.2, -0.15) is 0 Å². The number of esters is 2. The molecule has 1 aliphatic heterocycles. The average Bonchev–Trinajstić information content (AvgIpc) is 2.86. The molecule has 36 heavy (non-hydrogen) atoms. The van der Waals surface area contributed by atoms with E-state index < -0.39 is 48.2 Å². The van der Waals surface area contributed by atoms with E-state index in [0.717, 1.165) is 18.4 Å². The zero-order valence-electron chi connectivity index (χ0n) is 21.3. The smallest absolute Gasteiger partial charge is 0.329 e. The van der Waals surface area contributed by atoms with Gasteiger partial charge in [-0.05, 0) is 24.4 Å². The number of carbonyl (C=O) groups is 3. The molecule has 5 atom stereocenters. The van der Waals surface area contributed by atoms with Gasteiger partial charge in [-0.15, -0.1) is 0 Å². The van der Waals surface area contributed by atoms with Crippen molar-refractivity contribution in [3.05, 3.63) is 35.9 Å². The van der Waals surface area contributed by atoms with Crippen molar-refractivity contribution in [1.82, 2.24) is 10.2 Å². The van der Waals surface area contributed by atoms with Crippen LogP contribution in [-0.4, -0.2) is 88.2 Å². The minimum atomic E-state index is -1.33. The predicted molar refractivity (Wildman–Crippen MR) is 131 cm³/mol. The molecule has 1 amide bonds. The quantitative estimate of drug-likeness (QED) is 0.284. The molecule has 0 aromatic heterocycles. The molecule has 0 aliphatic carbocycles.